The van der Waals surface area contributed by atoms with E-state index in [0.717, 1.165) is 19.4 Å². The molecule has 0 aromatic carbocycles. The molecule has 0 aromatic heterocycles. The monoisotopic (exact) mass is 240 g/mol. The highest BCUT2D eigenvalue weighted by Crippen LogP contribution is 2.24. The highest BCUT2D eigenvalue weighted by molar-refractivity contribution is 5.83. The van der Waals surface area contributed by atoms with E-state index in [0.29, 0.717) is 18.9 Å². The first-order valence-corrected chi connectivity index (χ1v) is 6.26. The maximum atomic E-state index is 12.1. The zero-order chi connectivity index (χ0) is 12.4. The Kier molecular flexibility index (Phi) is 3.66. The van der Waals surface area contributed by atoms with E-state index in [-0.39, 0.29) is 24.0 Å². The molecule has 2 aliphatic rings. The van der Waals surface area contributed by atoms with Crippen LogP contribution in [-0.4, -0.2) is 49.1 Å². The van der Waals surface area contributed by atoms with Gasteiger partial charge in [-0.3, -0.25) is 14.5 Å². The van der Waals surface area contributed by atoms with E-state index in [4.69, 9.17) is 4.74 Å². The van der Waals surface area contributed by atoms with Crippen LogP contribution in [0.3, 0.4) is 0 Å². The summed E-state index contributed by atoms with van der Waals surface area (Å²) in [7, 11) is 1.98. The lowest BCUT2D eigenvalue weighted by molar-refractivity contribution is -0.138. The molecule has 1 unspecified atom stereocenters. The van der Waals surface area contributed by atoms with E-state index in [1.807, 2.05) is 7.05 Å². The van der Waals surface area contributed by atoms with Gasteiger partial charge in [0.25, 0.3) is 0 Å². The number of carbonyl (C=O) groups is 2. The van der Waals surface area contributed by atoms with Gasteiger partial charge in [-0.05, 0) is 19.4 Å². The van der Waals surface area contributed by atoms with Crippen molar-refractivity contribution in [1.82, 2.24) is 10.2 Å². The van der Waals surface area contributed by atoms with Gasteiger partial charge in [-0.15, -0.1) is 0 Å². The largest absolute Gasteiger partial charge is 0.463 e. The van der Waals surface area contributed by atoms with Gasteiger partial charge < -0.3 is 10.1 Å². The molecule has 5 heteroatoms. The van der Waals surface area contributed by atoms with Crippen molar-refractivity contribution in [2.45, 2.75) is 38.3 Å². The number of hydrogen-bond donors (Lipinski definition) is 1. The maximum Gasteiger partial charge on any atom is 0.308 e. The highest BCUT2D eigenvalue weighted by Gasteiger charge is 2.35. The summed E-state index contributed by atoms with van der Waals surface area (Å²) in [6.45, 7) is 3.45. The van der Waals surface area contributed by atoms with Gasteiger partial charge in [0, 0.05) is 6.54 Å². The summed E-state index contributed by atoms with van der Waals surface area (Å²) in [4.78, 5) is 25.1. The molecule has 0 bridgehead atoms. The Morgan fingerprint density at radius 2 is 2.35 bits per heavy atom. The lowest BCUT2D eigenvalue weighted by atomic mass is 10.0. The fourth-order valence-corrected chi connectivity index (χ4v) is 2.61. The van der Waals surface area contributed by atoms with E-state index in [1.54, 1.807) is 0 Å². The van der Waals surface area contributed by atoms with E-state index < -0.39 is 0 Å². The Morgan fingerprint density at radius 3 is 2.88 bits per heavy atom. The summed E-state index contributed by atoms with van der Waals surface area (Å²) >= 11 is 0. The molecule has 0 aliphatic carbocycles. The topological polar surface area (TPSA) is 58.6 Å². The van der Waals surface area contributed by atoms with Crippen LogP contribution in [0.15, 0.2) is 0 Å². The number of hydrogen-bond acceptors (Lipinski definition) is 4. The molecule has 0 saturated carbocycles. The van der Waals surface area contributed by atoms with Gasteiger partial charge in [0.15, 0.2) is 0 Å². The molecular formula is C12H20N2O3. The fourth-order valence-electron chi connectivity index (χ4n) is 2.61. The SMILES string of the molecule is CCC1C[C@@H](C(=O)N[C@@H]2COC(=O)C2)N(C)C1. The number of ether oxygens (including phenoxy) is 1. The molecule has 2 rings (SSSR count). The average Bonchev–Trinajstić information content (AvgIpc) is 2.85. The Bertz CT molecular complexity index is 319. The lowest BCUT2D eigenvalue weighted by Gasteiger charge is -2.20. The number of rotatable bonds is 3. The third kappa shape index (κ3) is 2.77. The van der Waals surface area contributed by atoms with Crippen molar-refractivity contribution in [1.29, 1.82) is 0 Å². The Hall–Kier alpha value is -1.10. The van der Waals surface area contributed by atoms with Gasteiger partial charge in [-0.25, -0.2) is 0 Å². The minimum Gasteiger partial charge on any atom is -0.463 e. The van der Waals surface area contributed by atoms with Crippen LogP contribution in [0, 0.1) is 5.92 Å². The quantitative estimate of drug-likeness (QED) is 0.713. The third-order valence-corrected chi connectivity index (χ3v) is 3.72. The molecule has 5 nitrogen and oxygen atoms in total. The molecule has 0 aromatic rings. The Morgan fingerprint density at radius 1 is 1.59 bits per heavy atom. The molecule has 0 spiro atoms. The Labute approximate surface area is 101 Å². The number of esters is 1. The van der Waals surface area contributed by atoms with Gasteiger partial charge in [-0.2, -0.15) is 0 Å². The first-order valence-electron chi connectivity index (χ1n) is 6.26. The van der Waals surface area contributed by atoms with Crippen molar-refractivity contribution in [3.8, 4) is 0 Å². The molecule has 3 atom stereocenters. The second kappa shape index (κ2) is 5.04. The van der Waals surface area contributed by atoms with Crippen LogP contribution in [0.2, 0.25) is 0 Å². The van der Waals surface area contributed by atoms with Crippen LogP contribution in [0.25, 0.3) is 0 Å². The van der Waals surface area contributed by atoms with E-state index in [2.05, 4.69) is 17.1 Å². The maximum absolute atomic E-state index is 12.1. The normalized spacial score (nSPS) is 33.8. The number of carbonyl (C=O) groups excluding carboxylic acids is 2. The molecule has 1 amide bonds. The number of cyclic esters (lactones) is 1. The molecule has 0 radical (unpaired) electrons. The minimum absolute atomic E-state index is 0.0340. The average molecular weight is 240 g/mol. The molecule has 17 heavy (non-hydrogen) atoms. The van der Waals surface area contributed by atoms with Crippen LogP contribution < -0.4 is 5.32 Å². The summed E-state index contributed by atoms with van der Waals surface area (Å²) in [5.74, 6) is 0.422. The van der Waals surface area contributed by atoms with E-state index in [9.17, 15) is 9.59 Å². The zero-order valence-electron chi connectivity index (χ0n) is 10.4. The van der Waals surface area contributed by atoms with Crippen LogP contribution in [0.5, 0.6) is 0 Å². The van der Waals surface area contributed by atoms with Crippen molar-refractivity contribution >= 4 is 11.9 Å². The van der Waals surface area contributed by atoms with Crippen molar-refractivity contribution in [3.05, 3.63) is 0 Å². The van der Waals surface area contributed by atoms with Gasteiger partial charge in [0.2, 0.25) is 5.91 Å². The minimum atomic E-state index is -0.221. The van der Waals surface area contributed by atoms with Gasteiger partial charge in [0.05, 0.1) is 18.5 Å². The number of likely N-dealkylation sites (tertiary alicyclic amines) is 1. The number of nitrogens with one attached hydrogen (secondary N) is 1. The molecule has 96 valence electrons. The molecule has 2 heterocycles. The molecule has 2 fully saturated rings. The van der Waals surface area contributed by atoms with Crippen LogP contribution in [0.4, 0.5) is 0 Å². The standard InChI is InChI=1S/C12H20N2O3/c1-3-8-4-10(14(2)6-8)12(16)13-9-5-11(15)17-7-9/h8-10H,3-7H2,1-2H3,(H,13,16)/t8?,9-,10-/m0/s1. The summed E-state index contributed by atoms with van der Waals surface area (Å²) in [5.41, 5.74) is 0. The van der Waals surface area contributed by atoms with Crippen molar-refractivity contribution in [3.63, 3.8) is 0 Å². The highest BCUT2D eigenvalue weighted by atomic mass is 16.5. The molecule has 2 aliphatic heterocycles. The summed E-state index contributed by atoms with van der Waals surface area (Å²) in [6, 6.07) is -0.181. The zero-order valence-corrected chi connectivity index (χ0v) is 10.4. The van der Waals surface area contributed by atoms with Crippen LogP contribution in [-0.2, 0) is 14.3 Å². The summed E-state index contributed by atoms with van der Waals surface area (Å²) in [5, 5.41) is 2.90. The van der Waals surface area contributed by atoms with E-state index in [1.165, 1.54) is 0 Å². The first-order chi connectivity index (χ1) is 8.10. The van der Waals surface area contributed by atoms with Crippen molar-refractivity contribution in [2.75, 3.05) is 20.2 Å². The van der Waals surface area contributed by atoms with Crippen molar-refractivity contribution < 1.29 is 14.3 Å². The molecular weight excluding hydrogens is 220 g/mol. The van der Waals surface area contributed by atoms with Gasteiger partial charge in [-0.1, -0.05) is 13.3 Å². The molecule has 2 saturated heterocycles. The number of nitrogens with zero attached hydrogens (tertiary/aromatic N) is 1. The fraction of sp³-hybridized carbons (Fsp3) is 0.833. The molecule has 1 N–H and O–H groups in total. The predicted molar refractivity (Wildman–Crippen MR) is 62.3 cm³/mol. The number of likely N-dealkylation sites (N-methyl/N-ethyl adjacent to an activating group) is 1. The van der Waals surface area contributed by atoms with Crippen molar-refractivity contribution in [2.24, 2.45) is 5.92 Å². The Balaban J connectivity index is 1.85. The summed E-state index contributed by atoms with van der Waals surface area (Å²) in [6.07, 6.45) is 2.33. The first kappa shape index (κ1) is 12.4. The van der Waals surface area contributed by atoms with Gasteiger partial charge >= 0.3 is 5.97 Å². The number of amides is 1. The lowest BCUT2D eigenvalue weighted by Crippen LogP contribution is -2.46. The third-order valence-electron chi connectivity index (χ3n) is 3.72. The van der Waals surface area contributed by atoms with E-state index >= 15 is 0 Å². The second-order valence-electron chi connectivity index (χ2n) is 5.06. The smallest absolute Gasteiger partial charge is 0.308 e. The van der Waals surface area contributed by atoms with Crippen LogP contribution >= 0.6 is 0 Å². The second-order valence-corrected chi connectivity index (χ2v) is 5.06. The van der Waals surface area contributed by atoms with Gasteiger partial charge in [0.1, 0.15) is 6.61 Å². The van der Waals surface area contributed by atoms with Crippen LogP contribution in [0.1, 0.15) is 26.2 Å². The summed E-state index contributed by atoms with van der Waals surface area (Å²) < 4.78 is 4.83. The predicted octanol–water partition coefficient (Wildman–Crippen LogP) is 0.148.